The van der Waals surface area contributed by atoms with Crippen LogP contribution in [-0.2, 0) is 0 Å². The molecule has 0 radical (unpaired) electrons. The molecule has 122 valence electrons. The normalized spacial score (nSPS) is 10.7. The smallest absolute Gasteiger partial charge is 0.257 e. The van der Waals surface area contributed by atoms with E-state index in [-0.39, 0.29) is 5.56 Å². The minimum atomic E-state index is -0.837. The highest BCUT2D eigenvalue weighted by atomic mass is 19.1. The Hall–Kier alpha value is -3.02. The lowest BCUT2D eigenvalue weighted by atomic mass is 10.1. The first-order chi connectivity index (χ1) is 11.5. The first-order valence-corrected chi connectivity index (χ1v) is 7.20. The van der Waals surface area contributed by atoms with Gasteiger partial charge in [-0.2, -0.15) is 0 Å². The van der Waals surface area contributed by atoms with Gasteiger partial charge in [-0.3, -0.25) is 9.78 Å². The average Bonchev–Trinajstić information content (AvgIpc) is 2.57. The van der Waals surface area contributed by atoms with Crippen LogP contribution in [0.1, 0.15) is 16.1 Å². The molecule has 4 nitrogen and oxygen atoms in total. The average molecular weight is 328 g/mol. The van der Waals surface area contributed by atoms with E-state index in [1.165, 1.54) is 13.2 Å². The highest BCUT2D eigenvalue weighted by Crippen LogP contribution is 2.24. The van der Waals surface area contributed by atoms with Crippen molar-refractivity contribution in [2.24, 2.45) is 0 Å². The minimum Gasteiger partial charge on any atom is -0.497 e. The Bertz CT molecular complexity index is 921. The van der Waals surface area contributed by atoms with Crippen LogP contribution in [0.4, 0.5) is 14.5 Å². The summed E-state index contributed by atoms with van der Waals surface area (Å²) in [6, 6.07) is 10.3. The molecule has 2 aromatic carbocycles. The van der Waals surface area contributed by atoms with Crippen molar-refractivity contribution in [2.45, 2.75) is 6.92 Å². The number of fused-ring (bicyclic) bond motifs is 1. The molecule has 0 aliphatic heterocycles. The van der Waals surface area contributed by atoms with Crippen molar-refractivity contribution < 1.29 is 18.3 Å². The fourth-order valence-electron chi connectivity index (χ4n) is 2.41. The number of amides is 1. The van der Waals surface area contributed by atoms with E-state index < -0.39 is 23.2 Å². The minimum absolute atomic E-state index is 0.235. The standard InChI is InChI=1S/C18H14F2N2O2/c1-10-13(9-11-8-12(24-2)6-7-16(11)21-10)18(23)22-17-14(19)4-3-5-15(17)20/h3-9H,1-2H3,(H,22,23). The molecule has 0 saturated carbocycles. The first-order valence-electron chi connectivity index (χ1n) is 7.20. The van der Waals surface area contributed by atoms with Crippen LogP contribution in [0.2, 0.25) is 0 Å². The number of aromatic nitrogens is 1. The van der Waals surface area contributed by atoms with Gasteiger partial charge < -0.3 is 10.1 Å². The third kappa shape index (κ3) is 2.90. The topological polar surface area (TPSA) is 51.2 Å². The van der Waals surface area contributed by atoms with Gasteiger partial charge >= 0.3 is 0 Å². The van der Waals surface area contributed by atoms with Gasteiger partial charge in [0, 0.05) is 5.39 Å². The second-order valence-corrected chi connectivity index (χ2v) is 5.23. The Balaban J connectivity index is 2.01. The molecule has 3 rings (SSSR count). The Kier molecular flexibility index (Phi) is 4.12. The SMILES string of the molecule is COc1ccc2nc(C)c(C(=O)Nc3c(F)cccc3F)cc2c1. The number of nitrogens with one attached hydrogen (secondary N) is 1. The van der Waals surface area contributed by atoms with Crippen molar-refractivity contribution in [2.75, 3.05) is 12.4 Å². The molecule has 1 heterocycles. The number of carbonyl (C=O) groups is 1. The molecule has 0 saturated heterocycles. The van der Waals surface area contributed by atoms with E-state index in [0.717, 1.165) is 12.1 Å². The number of carbonyl (C=O) groups excluding carboxylic acids is 1. The largest absolute Gasteiger partial charge is 0.497 e. The number of pyridine rings is 1. The highest BCUT2D eigenvalue weighted by molar-refractivity contribution is 6.07. The summed E-state index contributed by atoms with van der Waals surface area (Å²) in [5.41, 5.74) is 0.912. The third-order valence-electron chi connectivity index (χ3n) is 3.66. The molecule has 0 atom stereocenters. The Morgan fingerprint density at radius 3 is 2.50 bits per heavy atom. The molecule has 0 aliphatic carbocycles. The summed E-state index contributed by atoms with van der Waals surface area (Å²) in [6.07, 6.45) is 0. The maximum Gasteiger partial charge on any atom is 0.257 e. The number of halogens is 2. The summed E-state index contributed by atoms with van der Waals surface area (Å²) < 4.78 is 32.5. The summed E-state index contributed by atoms with van der Waals surface area (Å²) in [6.45, 7) is 1.66. The van der Waals surface area contributed by atoms with Gasteiger partial charge in [0.05, 0.1) is 23.9 Å². The predicted octanol–water partition coefficient (Wildman–Crippen LogP) is 4.08. The van der Waals surface area contributed by atoms with Crippen LogP contribution >= 0.6 is 0 Å². The number of anilines is 1. The fourth-order valence-corrected chi connectivity index (χ4v) is 2.41. The number of ether oxygens (including phenoxy) is 1. The molecule has 1 N–H and O–H groups in total. The number of rotatable bonds is 3. The summed E-state index contributed by atoms with van der Waals surface area (Å²) in [4.78, 5) is 16.8. The van der Waals surface area contributed by atoms with Crippen LogP contribution < -0.4 is 10.1 Å². The van der Waals surface area contributed by atoms with E-state index in [0.29, 0.717) is 22.3 Å². The van der Waals surface area contributed by atoms with Crippen molar-refractivity contribution in [3.8, 4) is 5.75 Å². The lowest BCUT2D eigenvalue weighted by Crippen LogP contribution is -2.16. The molecule has 0 unspecified atom stereocenters. The molecule has 0 bridgehead atoms. The predicted molar refractivity (Wildman–Crippen MR) is 87.3 cm³/mol. The van der Waals surface area contributed by atoms with Crippen LogP contribution in [0.3, 0.4) is 0 Å². The fraction of sp³-hybridized carbons (Fsp3) is 0.111. The number of hydrogen-bond donors (Lipinski definition) is 1. The van der Waals surface area contributed by atoms with E-state index >= 15 is 0 Å². The molecule has 0 fully saturated rings. The molecule has 1 amide bonds. The number of hydrogen-bond acceptors (Lipinski definition) is 3. The van der Waals surface area contributed by atoms with Crippen LogP contribution in [0, 0.1) is 18.6 Å². The van der Waals surface area contributed by atoms with E-state index in [1.54, 1.807) is 31.2 Å². The van der Waals surface area contributed by atoms with Gasteiger partial charge in [-0.25, -0.2) is 8.78 Å². The monoisotopic (exact) mass is 328 g/mol. The van der Waals surface area contributed by atoms with Crippen LogP contribution in [0.5, 0.6) is 5.75 Å². The molecular weight excluding hydrogens is 314 g/mol. The van der Waals surface area contributed by atoms with Crippen molar-refractivity contribution in [3.05, 3.63) is 65.4 Å². The maximum absolute atomic E-state index is 13.7. The number of methoxy groups -OCH3 is 1. The van der Waals surface area contributed by atoms with Crippen molar-refractivity contribution in [3.63, 3.8) is 0 Å². The molecule has 0 spiro atoms. The second-order valence-electron chi connectivity index (χ2n) is 5.23. The van der Waals surface area contributed by atoms with Crippen LogP contribution in [0.15, 0.2) is 42.5 Å². The molecule has 24 heavy (non-hydrogen) atoms. The van der Waals surface area contributed by atoms with E-state index in [4.69, 9.17) is 4.74 Å². The van der Waals surface area contributed by atoms with Crippen molar-refractivity contribution in [1.82, 2.24) is 4.98 Å². The summed E-state index contributed by atoms with van der Waals surface area (Å²) in [5.74, 6) is -1.68. The van der Waals surface area contributed by atoms with Gasteiger partial charge in [0.1, 0.15) is 23.1 Å². The van der Waals surface area contributed by atoms with E-state index in [2.05, 4.69) is 10.3 Å². The van der Waals surface area contributed by atoms with Gasteiger partial charge in [0.2, 0.25) is 0 Å². The van der Waals surface area contributed by atoms with E-state index in [9.17, 15) is 13.6 Å². The lowest BCUT2D eigenvalue weighted by molar-refractivity contribution is 0.102. The van der Waals surface area contributed by atoms with Crippen LogP contribution in [-0.4, -0.2) is 18.0 Å². The van der Waals surface area contributed by atoms with Crippen LogP contribution in [0.25, 0.3) is 10.9 Å². The Morgan fingerprint density at radius 1 is 1.12 bits per heavy atom. The number of aryl methyl sites for hydroxylation is 1. The van der Waals surface area contributed by atoms with Crippen molar-refractivity contribution in [1.29, 1.82) is 0 Å². The van der Waals surface area contributed by atoms with Gasteiger partial charge in [-0.05, 0) is 43.3 Å². The maximum atomic E-state index is 13.7. The van der Waals surface area contributed by atoms with Gasteiger partial charge in [0.15, 0.2) is 0 Å². The zero-order valence-corrected chi connectivity index (χ0v) is 13.1. The molecule has 1 aromatic heterocycles. The highest BCUT2D eigenvalue weighted by Gasteiger charge is 2.16. The number of nitrogens with zero attached hydrogens (tertiary/aromatic N) is 1. The van der Waals surface area contributed by atoms with Crippen molar-refractivity contribution >= 4 is 22.5 Å². The summed E-state index contributed by atoms with van der Waals surface area (Å²) in [7, 11) is 1.54. The number of para-hydroxylation sites is 1. The first kappa shape index (κ1) is 15.9. The molecular formula is C18H14F2N2O2. The zero-order chi connectivity index (χ0) is 17.3. The zero-order valence-electron chi connectivity index (χ0n) is 13.1. The van der Waals surface area contributed by atoms with Gasteiger partial charge in [-0.1, -0.05) is 6.07 Å². The number of benzene rings is 2. The summed E-state index contributed by atoms with van der Waals surface area (Å²) in [5, 5.41) is 2.96. The van der Waals surface area contributed by atoms with E-state index in [1.807, 2.05) is 0 Å². The summed E-state index contributed by atoms with van der Waals surface area (Å²) >= 11 is 0. The lowest BCUT2D eigenvalue weighted by Gasteiger charge is -2.10. The van der Waals surface area contributed by atoms with Gasteiger partial charge in [-0.15, -0.1) is 0 Å². The van der Waals surface area contributed by atoms with Gasteiger partial charge in [0.25, 0.3) is 5.91 Å². The Labute approximate surface area is 137 Å². The quantitative estimate of drug-likeness (QED) is 0.788. The molecule has 6 heteroatoms. The second kappa shape index (κ2) is 6.23. The molecule has 3 aromatic rings. The Morgan fingerprint density at radius 2 is 1.83 bits per heavy atom. The third-order valence-corrected chi connectivity index (χ3v) is 3.66. The molecule has 0 aliphatic rings.